The Morgan fingerprint density at radius 3 is 2.79 bits per heavy atom. The zero-order valence-electron chi connectivity index (χ0n) is 11.2. The Morgan fingerprint density at radius 2 is 2.11 bits per heavy atom. The Labute approximate surface area is 119 Å². The summed E-state index contributed by atoms with van der Waals surface area (Å²) in [6, 6.07) is 10.1. The molecule has 0 aliphatic heterocycles. The van der Waals surface area contributed by atoms with Gasteiger partial charge in [0.25, 0.3) is 0 Å². The summed E-state index contributed by atoms with van der Waals surface area (Å²) in [7, 11) is 1.65. The molecule has 19 heavy (non-hydrogen) atoms. The normalized spacial score (nSPS) is 11.6. The molecule has 1 rings (SSSR count). The molecular formula is C14H19N3OS. The molecule has 0 aliphatic rings. The highest BCUT2D eigenvalue weighted by molar-refractivity contribution is 7.80. The first-order valence-corrected chi connectivity index (χ1v) is 6.42. The molecule has 1 aromatic rings. The van der Waals surface area contributed by atoms with Gasteiger partial charge in [-0.15, -0.1) is 0 Å². The molecule has 0 amide bonds. The molecule has 0 bridgehead atoms. The van der Waals surface area contributed by atoms with Crippen LogP contribution in [0.25, 0.3) is 6.08 Å². The topological polar surface area (TPSA) is 45.6 Å². The van der Waals surface area contributed by atoms with Crippen LogP contribution < -0.4 is 10.7 Å². The van der Waals surface area contributed by atoms with Crippen molar-refractivity contribution in [3.8, 4) is 0 Å². The van der Waals surface area contributed by atoms with Crippen molar-refractivity contribution < 1.29 is 4.74 Å². The number of rotatable bonds is 6. The van der Waals surface area contributed by atoms with Crippen LogP contribution in [0.5, 0.6) is 0 Å². The lowest BCUT2D eigenvalue weighted by Crippen LogP contribution is -2.34. The van der Waals surface area contributed by atoms with Crippen LogP contribution in [-0.2, 0) is 4.74 Å². The van der Waals surface area contributed by atoms with Crippen LogP contribution in [0.3, 0.4) is 0 Å². The van der Waals surface area contributed by atoms with Crippen molar-refractivity contribution in [3.63, 3.8) is 0 Å². The lowest BCUT2D eigenvalue weighted by Gasteiger charge is -2.05. The molecule has 0 saturated heterocycles. The van der Waals surface area contributed by atoms with Crippen LogP contribution in [0.2, 0.25) is 0 Å². The minimum atomic E-state index is 0.487. The first kappa shape index (κ1) is 15.3. The van der Waals surface area contributed by atoms with Gasteiger partial charge < -0.3 is 10.1 Å². The third-order valence-electron chi connectivity index (χ3n) is 2.22. The van der Waals surface area contributed by atoms with Gasteiger partial charge in [-0.05, 0) is 30.3 Å². The highest BCUT2D eigenvalue weighted by atomic mass is 32.1. The van der Waals surface area contributed by atoms with Gasteiger partial charge in [-0.3, -0.25) is 5.43 Å². The Hall–Kier alpha value is -1.72. The lowest BCUT2D eigenvalue weighted by atomic mass is 10.1. The van der Waals surface area contributed by atoms with Gasteiger partial charge in [-0.25, -0.2) is 0 Å². The van der Waals surface area contributed by atoms with E-state index in [4.69, 9.17) is 17.0 Å². The van der Waals surface area contributed by atoms with Crippen LogP contribution in [-0.4, -0.2) is 31.6 Å². The molecular weight excluding hydrogens is 258 g/mol. The van der Waals surface area contributed by atoms with Crippen molar-refractivity contribution >= 4 is 29.6 Å². The Bertz CT molecular complexity index is 443. The molecule has 0 unspecified atom stereocenters. The second-order valence-corrected chi connectivity index (χ2v) is 4.33. The number of hydrogen-bond donors (Lipinski definition) is 2. The van der Waals surface area contributed by atoms with Gasteiger partial charge in [0.05, 0.1) is 12.8 Å². The fourth-order valence-electron chi connectivity index (χ4n) is 1.35. The largest absolute Gasteiger partial charge is 0.383 e. The second-order valence-electron chi connectivity index (χ2n) is 3.92. The van der Waals surface area contributed by atoms with E-state index < -0.39 is 0 Å². The van der Waals surface area contributed by atoms with Crippen molar-refractivity contribution in [1.29, 1.82) is 0 Å². The maximum Gasteiger partial charge on any atom is 0.187 e. The van der Waals surface area contributed by atoms with E-state index in [0.717, 1.165) is 11.1 Å². The summed E-state index contributed by atoms with van der Waals surface area (Å²) < 4.78 is 4.90. The van der Waals surface area contributed by atoms with E-state index in [1.165, 1.54) is 0 Å². The summed E-state index contributed by atoms with van der Waals surface area (Å²) in [5.41, 5.74) is 4.94. The summed E-state index contributed by atoms with van der Waals surface area (Å²) >= 11 is 5.04. The highest BCUT2D eigenvalue weighted by Gasteiger charge is 1.91. The minimum absolute atomic E-state index is 0.487. The number of hydrogen-bond acceptors (Lipinski definition) is 3. The van der Waals surface area contributed by atoms with Crippen LogP contribution >= 0.6 is 12.2 Å². The minimum Gasteiger partial charge on any atom is -0.383 e. The monoisotopic (exact) mass is 277 g/mol. The number of ether oxygens (including phenoxy) is 1. The first-order valence-electron chi connectivity index (χ1n) is 6.01. The van der Waals surface area contributed by atoms with Crippen LogP contribution in [0.1, 0.15) is 12.5 Å². The van der Waals surface area contributed by atoms with Crippen LogP contribution in [0, 0.1) is 0 Å². The van der Waals surface area contributed by atoms with Gasteiger partial charge in [-0.1, -0.05) is 36.4 Å². The van der Waals surface area contributed by atoms with Crippen molar-refractivity contribution in [2.24, 2.45) is 5.10 Å². The SMILES string of the molecule is COCCNC(=S)N/N=C\C(C)=C\c1ccccc1. The molecule has 0 saturated carbocycles. The van der Waals surface area contributed by atoms with E-state index in [-0.39, 0.29) is 0 Å². The maximum absolute atomic E-state index is 5.04. The standard InChI is InChI=1S/C14H19N3OS/c1-12(10-13-6-4-3-5-7-13)11-16-17-14(19)15-8-9-18-2/h3-7,10-11H,8-9H2,1-2H3,(H2,15,17,19)/b12-10+,16-11-. The summed E-state index contributed by atoms with van der Waals surface area (Å²) in [6.45, 7) is 3.26. The molecule has 2 N–H and O–H groups in total. The lowest BCUT2D eigenvalue weighted by molar-refractivity contribution is 0.204. The predicted octanol–water partition coefficient (Wildman–Crippen LogP) is 2.19. The molecule has 0 fully saturated rings. The van der Waals surface area contributed by atoms with E-state index in [9.17, 15) is 0 Å². The first-order chi connectivity index (χ1) is 9.22. The van der Waals surface area contributed by atoms with Gasteiger partial charge in [0.1, 0.15) is 0 Å². The molecule has 5 heteroatoms. The molecule has 1 aromatic carbocycles. The quantitative estimate of drug-likeness (QED) is 0.362. The van der Waals surface area contributed by atoms with Crippen molar-refractivity contribution in [3.05, 3.63) is 41.5 Å². The molecule has 0 heterocycles. The zero-order valence-corrected chi connectivity index (χ0v) is 12.0. The van der Waals surface area contributed by atoms with Crippen molar-refractivity contribution in [2.75, 3.05) is 20.3 Å². The third kappa shape index (κ3) is 7.33. The molecule has 0 atom stereocenters. The van der Waals surface area contributed by atoms with Gasteiger partial charge in [0, 0.05) is 13.7 Å². The van der Waals surface area contributed by atoms with Crippen molar-refractivity contribution in [2.45, 2.75) is 6.92 Å². The summed E-state index contributed by atoms with van der Waals surface area (Å²) in [5, 5.41) is 7.51. The highest BCUT2D eigenvalue weighted by Crippen LogP contribution is 2.04. The number of nitrogens with zero attached hydrogens (tertiary/aromatic N) is 1. The fourth-order valence-corrected chi connectivity index (χ4v) is 1.50. The summed E-state index contributed by atoms with van der Waals surface area (Å²) in [4.78, 5) is 0. The van der Waals surface area contributed by atoms with Gasteiger partial charge in [0.15, 0.2) is 5.11 Å². The molecule has 0 radical (unpaired) electrons. The summed E-state index contributed by atoms with van der Waals surface area (Å²) in [6.07, 6.45) is 3.78. The van der Waals surface area contributed by atoms with E-state index in [0.29, 0.717) is 18.3 Å². The predicted molar refractivity (Wildman–Crippen MR) is 84.2 cm³/mol. The van der Waals surface area contributed by atoms with Gasteiger partial charge in [-0.2, -0.15) is 5.10 Å². The van der Waals surface area contributed by atoms with Crippen molar-refractivity contribution in [1.82, 2.24) is 10.7 Å². The molecule has 0 aliphatic carbocycles. The fraction of sp³-hybridized carbons (Fsp3) is 0.286. The zero-order chi connectivity index (χ0) is 13.9. The Balaban J connectivity index is 2.36. The molecule has 0 aromatic heterocycles. The van der Waals surface area contributed by atoms with Crippen LogP contribution in [0.15, 0.2) is 41.0 Å². The van der Waals surface area contributed by atoms with Crippen LogP contribution in [0.4, 0.5) is 0 Å². The third-order valence-corrected chi connectivity index (χ3v) is 2.46. The Kier molecular flexibility index (Phi) is 7.46. The Morgan fingerprint density at radius 1 is 1.37 bits per heavy atom. The average Bonchev–Trinajstić information content (AvgIpc) is 2.40. The number of allylic oxidation sites excluding steroid dienone is 1. The summed E-state index contributed by atoms with van der Waals surface area (Å²) in [5.74, 6) is 0. The number of nitrogens with one attached hydrogen (secondary N) is 2. The maximum atomic E-state index is 5.04. The van der Waals surface area contributed by atoms with Gasteiger partial charge in [0.2, 0.25) is 0 Å². The number of hydrazone groups is 1. The molecule has 4 nitrogen and oxygen atoms in total. The van der Waals surface area contributed by atoms with Gasteiger partial charge >= 0.3 is 0 Å². The van der Waals surface area contributed by atoms with E-state index in [1.54, 1.807) is 13.3 Å². The molecule has 0 spiro atoms. The van der Waals surface area contributed by atoms with E-state index in [1.807, 2.05) is 43.3 Å². The van der Waals surface area contributed by atoms with E-state index >= 15 is 0 Å². The number of benzene rings is 1. The molecule has 102 valence electrons. The average molecular weight is 277 g/mol. The second kappa shape index (κ2) is 9.24. The number of methoxy groups -OCH3 is 1. The van der Waals surface area contributed by atoms with E-state index in [2.05, 4.69) is 15.8 Å². The number of thiocarbonyl (C=S) groups is 1. The smallest absolute Gasteiger partial charge is 0.187 e.